The first-order valence-electron chi connectivity index (χ1n) is 15.0. The standard InChI is InChI=1S/C32H36F3N7O5/c1-20(43)38-27-17-28(37-19-36-27)46-24-7-8-26-21(15-24)9-10-42(26)29(44)39-23-6-5-22(25(16-23)32(33,34)35)18-40-11-13-41(14-12-40)30(45)47-31(2,3)4/h5-8,15-17,19H,9-14,18H2,1-4H3,(H,39,44)(H,36,37,38,43). The van der Waals surface area contributed by atoms with Crippen molar-refractivity contribution in [3.05, 3.63) is 65.5 Å². The van der Waals surface area contributed by atoms with Gasteiger partial charge in [0.25, 0.3) is 0 Å². The van der Waals surface area contributed by atoms with Crippen LogP contribution in [0.3, 0.4) is 0 Å². The summed E-state index contributed by atoms with van der Waals surface area (Å²) in [6.07, 6.45) is -3.32. The largest absolute Gasteiger partial charge is 0.444 e. The highest BCUT2D eigenvalue weighted by Crippen LogP contribution is 2.36. The molecule has 0 spiro atoms. The van der Waals surface area contributed by atoms with E-state index >= 15 is 0 Å². The molecular weight excluding hydrogens is 619 g/mol. The predicted octanol–water partition coefficient (Wildman–Crippen LogP) is 5.89. The summed E-state index contributed by atoms with van der Waals surface area (Å²) in [5.74, 6) is 0.660. The van der Waals surface area contributed by atoms with Crippen molar-refractivity contribution in [3.63, 3.8) is 0 Å². The fourth-order valence-corrected chi connectivity index (χ4v) is 5.32. The number of alkyl halides is 3. The number of nitrogens with one attached hydrogen (secondary N) is 2. The molecule has 1 fully saturated rings. The van der Waals surface area contributed by atoms with Gasteiger partial charge >= 0.3 is 18.3 Å². The van der Waals surface area contributed by atoms with E-state index in [1.165, 1.54) is 36.4 Å². The van der Waals surface area contributed by atoms with Crippen LogP contribution in [0.5, 0.6) is 11.6 Å². The van der Waals surface area contributed by atoms with Crippen molar-refractivity contribution in [1.82, 2.24) is 19.8 Å². The van der Waals surface area contributed by atoms with Gasteiger partial charge in [0.1, 0.15) is 23.5 Å². The third-order valence-electron chi connectivity index (χ3n) is 7.44. The molecule has 12 nitrogen and oxygen atoms in total. The lowest BCUT2D eigenvalue weighted by atomic mass is 10.0. The van der Waals surface area contributed by atoms with Crippen LogP contribution >= 0.6 is 0 Å². The normalized spacial score (nSPS) is 15.2. The van der Waals surface area contributed by atoms with Gasteiger partial charge in [-0.25, -0.2) is 19.6 Å². The molecule has 2 aliphatic rings. The zero-order chi connectivity index (χ0) is 33.9. The molecule has 0 aliphatic carbocycles. The highest BCUT2D eigenvalue weighted by Gasteiger charge is 2.35. The summed E-state index contributed by atoms with van der Waals surface area (Å²) in [6.45, 7) is 8.53. The topological polar surface area (TPSA) is 129 Å². The molecule has 5 rings (SSSR count). The Bertz CT molecular complexity index is 1650. The number of hydrogen-bond donors (Lipinski definition) is 2. The molecule has 2 aliphatic heterocycles. The summed E-state index contributed by atoms with van der Waals surface area (Å²) < 4.78 is 53.7. The SMILES string of the molecule is CC(=O)Nc1cc(Oc2ccc3c(c2)CCN3C(=O)Nc2ccc(CN3CCN(C(=O)OC(C)(C)C)CC3)c(C(F)(F)F)c2)ncn1. The van der Waals surface area contributed by atoms with E-state index in [2.05, 4.69) is 20.6 Å². The number of carbonyl (C=O) groups is 3. The van der Waals surface area contributed by atoms with E-state index in [0.717, 1.165) is 11.6 Å². The van der Waals surface area contributed by atoms with Crippen LogP contribution in [-0.4, -0.2) is 76.1 Å². The van der Waals surface area contributed by atoms with Crippen LogP contribution in [0.15, 0.2) is 48.8 Å². The molecule has 0 saturated carbocycles. The molecule has 1 saturated heterocycles. The van der Waals surface area contributed by atoms with Crippen molar-refractivity contribution in [1.29, 1.82) is 0 Å². The van der Waals surface area contributed by atoms with Gasteiger partial charge in [0.2, 0.25) is 11.8 Å². The van der Waals surface area contributed by atoms with E-state index < -0.39 is 29.5 Å². The van der Waals surface area contributed by atoms with Crippen LogP contribution in [0.1, 0.15) is 44.4 Å². The van der Waals surface area contributed by atoms with Crippen molar-refractivity contribution in [3.8, 4) is 11.6 Å². The Balaban J connectivity index is 1.22. The Morgan fingerprint density at radius 1 is 0.915 bits per heavy atom. The van der Waals surface area contributed by atoms with Gasteiger partial charge in [0.05, 0.1) is 5.56 Å². The first-order chi connectivity index (χ1) is 22.1. The molecule has 0 radical (unpaired) electrons. The number of fused-ring (bicyclic) bond motifs is 1. The Kier molecular flexibility index (Phi) is 9.56. The van der Waals surface area contributed by atoms with Gasteiger partial charge in [0.15, 0.2) is 0 Å². The maximum atomic E-state index is 14.2. The first kappa shape index (κ1) is 33.4. The fourth-order valence-electron chi connectivity index (χ4n) is 5.32. The number of aromatic nitrogens is 2. The average molecular weight is 656 g/mol. The number of carbonyl (C=O) groups excluding carboxylic acids is 3. The fraction of sp³-hybridized carbons (Fsp3) is 0.406. The Hall–Kier alpha value is -4.92. The number of nitrogens with zero attached hydrogens (tertiary/aromatic N) is 5. The summed E-state index contributed by atoms with van der Waals surface area (Å²) in [7, 11) is 0. The number of ether oxygens (including phenoxy) is 2. The van der Waals surface area contributed by atoms with Crippen LogP contribution in [0.4, 0.5) is 40.0 Å². The molecular formula is C32H36F3N7O5. The summed E-state index contributed by atoms with van der Waals surface area (Å²) in [5, 5.41) is 5.17. The summed E-state index contributed by atoms with van der Waals surface area (Å²) in [5.41, 5.74) is 0.0484. The lowest BCUT2D eigenvalue weighted by molar-refractivity contribution is -0.138. The molecule has 4 amide bonds. The number of halogens is 3. The third kappa shape index (κ3) is 8.67. The van der Waals surface area contributed by atoms with E-state index in [9.17, 15) is 27.6 Å². The van der Waals surface area contributed by atoms with Gasteiger partial charge in [-0.05, 0) is 68.7 Å². The molecule has 47 heavy (non-hydrogen) atoms. The van der Waals surface area contributed by atoms with E-state index in [-0.39, 0.29) is 35.4 Å². The predicted molar refractivity (Wildman–Crippen MR) is 167 cm³/mol. The van der Waals surface area contributed by atoms with Crippen LogP contribution in [0.25, 0.3) is 0 Å². The number of rotatable bonds is 6. The van der Waals surface area contributed by atoms with Gasteiger partial charge in [-0.3, -0.25) is 14.6 Å². The molecule has 2 N–H and O–H groups in total. The van der Waals surface area contributed by atoms with E-state index in [4.69, 9.17) is 9.47 Å². The number of urea groups is 1. The third-order valence-corrected chi connectivity index (χ3v) is 7.44. The smallest absolute Gasteiger partial charge is 0.416 e. The highest BCUT2D eigenvalue weighted by atomic mass is 19.4. The first-order valence-corrected chi connectivity index (χ1v) is 15.0. The van der Waals surface area contributed by atoms with Crippen molar-refractivity contribution < 1.29 is 37.0 Å². The Labute approximate surface area is 269 Å². The second kappa shape index (κ2) is 13.4. The number of hydrogen-bond acceptors (Lipinski definition) is 8. The average Bonchev–Trinajstić information content (AvgIpc) is 3.40. The van der Waals surface area contributed by atoms with Crippen molar-refractivity contribution in [2.75, 3.05) is 48.3 Å². The number of amides is 4. The molecule has 2 aromatic carbocycles. The molecule has 1 aromatic heterocycles. The second-order valence-electron chi connectivity index (χ2n) is 12.3. The lowest BCUT2D eigenvalue weighted by Gasteiger charge is -2.36. The lowest BCUT2D eigenvalue weighted by Crippen LogP contribution is -2.49. The van der Waals surface area contributed by atoms with Crippen molar-refractivity contribution >= 4 is 35.2 Å². The maximum Gasteiger partial charge on any atom is 0.416 e. The van der Waals surface area contributed by atoms with Crippen LogP contribution in [0, 0.1) is 0 Å². The summed E-state index contributed by atoms with van der Waals surface area (Å²) >= 11 is 0. The molecule has 0 atom stereocenters. The second-order valence-corrected chi connectivity index (χ2v) is 12.3. The zero-order valence-corrected chi connectivity index (χ0v) is 26.5. The van der Waals surface area contributed by atoms with E-state index in [1.807, 2.05) is 4.90 Å². The zero-order valence-electron chi connectivity index (χ0n) is 26.5. The molecule has 3 aromatic rings. The van der Waals surface area contributed by atoms with Gasteiger partial charge in [-0.15, -0.1) is 0 Å². The molecule has 250 valence electrons. The number of benzene rings is 2. The van der Waals surface area contributed by atoms with Crippen molar-refractivity contribution in [2.24, 2.45) is 0 Å². The quantitative estimate of drug-likeness (QED) is 0.336. The minimum absolute atomic E-state index is 0.0213. The Morgan fingerprint density at radius 3 is 2.34 bits per heavy atom. The molecule has 0 unspecified atom stereocenters. The van der Waals surface area contributed by atoms with E-state index in [1.54, 1.807) is 43.9 Å². The highest BCUT2D eigenvalue weighted by molar-refractivity contribution is 6.03. The summed E-state index contributed by atoms with van der Waals surface area (Å²) in [4.78, 5) is 49.7. The molecule has 15 heteroatoms. The molecule has 0 bridgehead atoms. The number of anilines is 3. The maximum absolute atomic E-state index is 14.2. The minimum atomic E-state index is -4.64. The van der Waals surface area contributed by atoms with Crippen LogP contribution in [-0.2, 0) is 28.7 Å². The van der Waals surface area contributed by atoms with Gasteiger partial charge < -0.3 is 25.0 Å². The van der Waals surface area contributed by atoms with Gasteiger partial charge in [-0.2, -0.15) is 13.2 Å². The monoisotopic (exact) mass is 655 g/mol. The van der Waals surface area contributed by atoms with Crippen LogP contribution in [0.2, 0.25) is 0 Å². The summed E-state index contributed by atoms with van der Waals surface area (Å²) in [6, 6.07) is 9.81. The minimum Gasteiger partial charge on any atom is -0.444 e. The van der Waals surface area contributed by atoms with Crippen molar-refractivity contribution in [2.45, 2.75) is 52.4 Å². The number of piperazine rings is 1. The Morgan fingerprint density at radius 2 is 1.66 bits per heavy atom. The molecule has 3 heterocycles. The van der Waals surface area contributed by atoms with Gasteiger partial charge in [-0.1, -0.05) is 6.07 Å². The van der Waals surface area contributed by atoms with E-state index in [0.29, 0.717) is 50.6 Å². The van der Waals surface area contributed by atoms with Crippen LogP contribution < -0.4 is 20.3 Å². The van der Waals surface area contributed by atoms with Gasteiger partial charge in [0, 0.05) is 63.6 Å².